The van der Waals surface area contributed by atoms with Crippen LogP contribution in [0.15, 0.2) is 29.4 Å². The van der Waals surface area contributed by atoms with Gasteiger partial charge in [0.15, 0.2) is 5.70 Å². The molecule has 1 unspecified atom stereocenters. The highest BCUT2D eigenvalue weighted by atomic mass is 19.1. The number of amides is 1. The van der Waals surface area contributed by atoms with Crippen LogP contribution >= 0.6 is 0 Å². The molecule has 1 aliphatic rings. The topological polar surface area (TPSA) is 146 Å². The van der Waals surface area contributed by atoms with E-state index in [1.807, 2.05) is 19.9 Å². The van der Waals surface area contributed by atoms with Crippen molar-refractivity contribution in [3.8, 4) is 0 Å². The Kier molecular flexibility index (Phi) is 9.02. The van der Waals surface area contributed by atoms with Gasteiger partial charge in [-0.15, -0.1) is 0 Å². The van der Waals surface area contributed by atoms with Crippen LogP contribution in [0.1, 0.15) is 83.8 Å². The van der Waals surface area contributed by atoms with Crippen molar-refractivity contribution in [3.05, 3.63) is 52.0 Å². The van der Waals surface area contributed by atoms with Crippen LogP contribution in [-0.2, 0) is 4.79 Å². The van der Waals surface area contributed by atoms with Gasteiger partial charge in [-0.05, 0) is 57.6 Å². The molecule has 1 aromatic carbocycles. The second-order valence-corrected chi connectivity index (χ2v) is 10.8. The Balaban J connectivity index is 1.90. The van der Waals surface area contributed by atoms with E-state index in [4.69, 9.17) is 21.9 Å². The van der Waals surface area contributed by atoms with Gasteiger partial charge in [0.1, 0.15) is 0 Å². The number of nitrogens with two attached hydrogens (primary N) is 2. The Labute approximate surface area is 234 Å². The number of hydrogen-bond donors (Lipinski definition) is 5. The summed E-state index contributed by atoms with van der Waals surface area (Å²) in [4.78, 5) is 24.8. The number of halogens is 1. The van der Waals surface area contributed by atoms with Crippen LogP contribution in [0.5, 0.6) is 0 Å². The molecule has 2 aromatic heterocycles. The number of aromatic nitrogens is 2. The Morgan fingerprint density at radius 2 is 2.05 bits per heavy atom. The smallest absolute Gasteiger partial charge is 0.269 e. The number of nitrogens with one attached hydrogen (secondary N) is 3. The zero-order valence-electron chi connectivity index (χ0n) is 23.8. The maximum atomic E-state index is 14.4. The Hall–Kier alpha value is -4.01. The van der Waals surface area contributed by atoms with E-state index in [0.717, 1.165) is 41.4 Å². The molecule has 1 saturated carbocycles. The van der Waals surface area contributed by atoms with Gasteiger partial charge in [-0.3, -0.25) is 4.79 Å². The fourth-order valence-electron chi connectivity index (χ4n) is 5.27. The van der Waals surface area contributed by atoms with E-state index in [0.29, 0.717) is 45.5 Å². The number of primary amides is 1. The molecular formula is C31H40FN7O. The minimum absolute atomic E-state index is 0.0213. The lowest BCUT2D eigenvalue weighted by Gasteiger charge is -2.21. The van der Waals surface area contributed by atoms with Gasteiger partial charge >= 0.3 is 0 Å². The Morgan fingerprint density at radius 3 is 2.67 bits per heavy atom. The van der Waals surface area contributed by atoms with Gasteiger partial charge in [0, 0.05) is 57.0 Å². The zero-order chi connectivity index (χ0) is 29.0. The molecule has 1 fully saturated rings. The van der Waals surface area contributed by atoms with Crippen molar-refractivity contribution in [2.24, 2.45) is 16.6 Å². The number of nitrogen functional groups attached to an aromatic ring is 1. The highest BCUT2D eigenvalue weighted by Gasteiger charge is 2.23. The quantitative estimate of drug-likeness (QED) is 0.127. The number of H-pyrrole nitrogens is 1. The third kappa shape index (κ3) is 6.24. The SMILES string of the molecule is CCCC(CCC1CC1)Nc1cnc(F)cc1C(C)=N/C(C(N)=O)=c1/[nH]c2ccc(N)c(C=N)c2/c1=C(/C)CC. The van der Waals surface area contributed by atoms with Crippen molar-refractivity contribution in [2.75, 3.05) is 11.1 Å². The van der Waals surface area contributed by atoms with Crippen LogP contribution < -0.4 is 27.4 Å². The van der Waals surface area contributed by atoms with E-state index >= 15 is 0 Å². The lowest BCUT2D eigenvalue weighted by Crippen LogP contribution is -2.32. The van der Waals surface area contributed by atoms with E-state index in [1.165, 1.54) is 37.7 Å². The summed E-state index contributed by atoms with van der Waals surface area (Å²) in [6.45, 7) is 7.87. The molecule has 0 spiro atoms. The normalized spacial score (nSPS) is 16.1. The van der Waals surface area contributed by atoms with Crippen LogP contribution in [-0.4, -0.2) is 33.8 Å². The van der Waals surface area contributed by atoms with Crippen molar-refractivity contribution in [3.63, 3.8) is 0 Å². The standard InChI is InChI=1S/C31H40FN7O/c1-5-7-20(11-10-19-8-9-19)38-25-16-36-26(32)14-21(25)18(4)37-30(31(35)40)29-27(17(3)6-2)28-22(15-33)23(34)12-13-24(28)39-29/h12-16,19-20,33,38-39H,5-11,34H2,1-4H3,(H2,35,40)/b27-17+,30-29+,33-15?,37-18?. The van der Waals surface area contributed by atoms with Gasteiger partial charge in [0.25, 0.3) is 5.91 Å². The number of hydrogen-bond acceptors (Lipinski definition) is 6. The molecule has 1 amide bonds. The second kappa shape index (κ2) is 12.4. The number of rotatable bonds is 12. The van der Waals surface area contributed by atoms with Crippen molar-refractivity contribution in [1.82, 2.24) is 9.97 Å². The van der Waals surface area contributed by atoms with Crippen LogP contribution in [0, 0.1) is 17.3 Å². The predicted octanol–water partition coefficient (Wildman–Crippen LogP) is 4.74. The van der Waals surface area contributed by atoms with Gasteiger partial charge in [-0.1, -0.05) is 38.7 Å². The maximum absolute atomic E-state index is 14.4. The van der Waals surface area contributed by atoms with E-state index in [2.05, 4.69) is 22.2 Å². The molecule has 3 aromatic rings. The number of aliphatic imine (C=N–C) groups is 1. The van der Waals surface area contributed by atoms with Crippen molar-refractivity contribution in [2.45, 2.75) is 78.7 Å². The first kappa shape index (κ1) is 29.0. The van der Waals surface area contributed by atoms with Gasteiger partial charge < -0.3 is 27.2 Å². The first-order valence-electron chi connectivity index (χ1n) is 14.1. The van der Waals surface area contributed by atoms with Crippen LogP contribution in [0.4, 0.5) is 15.8 Å². The maximum Gasteiger partial charge on any atom is 0.269 e. The molecule has 212 valence electrons. The number of aromatic amines is 1. The average Bonchev–Trinajstić information content (AvgIpc) is 3.69. The molecule has 1 aliphatic carbocycles. The molecule has 8 nitrogen and oxygen atoms in total. The first-order valence-corrected chi connectivity index (χ1v) is 14.1. The lowest BCUT2D eigenvalue weighted by atomic mass is 10.0. The van der Waals surface area contributed by atoms with Crippen LogP contribution in [0.25, 0.3) is 22.2 Å². The third-order valence-corrected chi connectivity index (χ3v) is 7.77. The Bertz CT molecular complexity index is 1580. The van der Waals surface area contributed by atoms with Crippen LogP contribution in [0.3, 0.4) is 0 Å². The average molecular weight is 546 g/mol. The van der Waals surface area contributed by atoms with Gasteiger partial charge in [-0.25, -0.2) is 9.98 Å². The fourth-order valence-corrected chi connectivity index (χ4v) is 5.27. The summed E-state index contributed by atoms with van der Waals surface area (Å²) >= 11 is 0. The molecular weight excluding hydrogens is 505 g/mol. The van der Waals surface area contributed by atoms with E-state index in [1.54, 1.807) is 13.0 Å². The minimum Gasteiger partial charge on any atom is -0.398 e. The summed E-state index contributed by atoms with van der Waals surface area (Å²) in [5, 5.41) is 13.5. The molecule has 7 N–H and O–H groups in total. The van der Waals surface area contributed by atoms with E-state index < -0.39 is 11.9 Å². The molecule has 1 atom stereocenters. The molecule has 9 heteroatoms. The zero-order valence-corrected chi connectivity index (χ0v) is 23.8. The molecule has 0 radical (unpaired) electrons. The number of carbonyl (C=O) groups excluding carboxylic acids is 1. The predicted molar refractivity (Wildman–Crippen MR) is 163 cm³/mol. The minimum atomic E-state index is -0.724. The fraction of sp³-hybridized carbons (Fsp3) is 0.419. The van der Waals surface area contributed by atoms with Gasteiger partial charge in [-0.2, -0.15) is 4.39 Å². The highest BCUT2D eigenvalue weighted by Crippen LogP contribution is 2.34. The largest absolute Gasteiger partial charge is 0.398 e. The van der Waals surface area contributed by atoms with Crippen molar-refractivity contribution >= 4 is 51.4 Å². The Morgan fingerprint density at radius 1 is 1.30 bits per heavy atom. The molecule has 40 heavy (non-hydrogen) atoms. The third-order valence-electron chi connectivity index (χ3n) is 7.77. The summed E-state index contributed by atoms with van der Waals surface area (Å²) in [6, 6.07) is 5.11. The van der Waals surface area contributed by atoms with Crippen molar-refractivity contribution < 1.29 is 9.18 Å². The lowest BCUT2D eigenvalue weighted by molar-refractivity contribution is -0.113. The summed E-state index contributed by atoms with van der Waals surface area (Å²) in [5.74, 6) is -0.536. The molecule has 0 aliphatic heterocycles. The number of anilines is 2. The monoisotopic (exact) mass is 545 g/mol. The molecule has 4 rings (SSSR count). The number of pyridine rings is 1. The molecule has 0 bridgehead atoms. The summed E-state index contributed by atoms with van der Waals surface area (Å²) in [6.07, 6.45) is 10.2. The van der Waals surface area contributed by atoms with E-state index in [-0.39, 0.29) is 11.7 Å². The number of benzene rings is 1. The highest BCUT2D eigenvalue weighted by molar-refractivity contribution is 6.17. The van der Waals surface area contributed by atoms with Crippen molar-refractivity contribution in [1.29, 1.82) is 5.41 Å². The summed E-state index contributed by atoms with van der Waals surface area (Å²) < 4.78 is 14.4. The molecule has 0 saturated heterocycles. The first-order chi connectivity index (χ1) is 19.2. The van der Waals surface area contributed by atoms with Crippen LogP contribution in [0.2, 0.25) is 0 Å². The molecule has 2 heterocycles. The number of nitrogens with zero attached hydrogens (tertiary/aromatic N) is 2. The van der Waals surface area contributed by atoms with Gasteiger partial charge in [0.2, 0.25) is 5.95 Å². The summed E-state index contributed by atoms with van der Waals surface area (Å²) in [5.41, 5.74) is 16.5. The van der Waals surface area contributed by atoms with E-state index in [9.17, 15) is 9.18 Å². The summed E-state index contributed by atoms with van der Waals surface area (Å²) in [7, 11) is 0. The number of fused-ring (bicyclic) bond motifs is 1. The van der Waals surface area contributed by atoms with Gasteiger partial charge in [0.05, 0.1) is 17.2 Å². The second-order valence-electron chi connectivity index (χ2n) is 10.8. The number of carbonyl (C=O) groups is 1.